The molecule has 1 aliphatic carbocycles. The molecule has 0 radical (unpaired) electrons. The second-order valence-electron chi connectivity index (χ2n) is 9.92. The first-order valence-corrected chi connectivity index (χ1v) is 12.4. The topological polar surface area (TPSA) is 98.9 Å². The quantitative estimate of drug-likeness (QED) is 0.454. The first-order chi connectivity index (χ1) is 16.0. The first-order valence-electron chi connectivity index (χ1n) is 11.5. The highest BCUT2D eigenvalue weighted by Crippen LogP contribution is 2.32. The minimum absolute atomic E-state index is 0.0264. The van der Waals surface area contributed by atoms with E-state index in [0.29, 0.717) is 10.9 Å². The zero-order valence-corrected chi connectivity index (χ0v) is 21.3. The molecule has 8 nitrogen and oxygen atoms in total. The highest BCUT2D eigenvalue weighted by atomic mass is 32.2. The lowest BCUT2D eigenvalue weighted by Gasteiger charge is -2.27. The summed E-state index contributed by atoms with van der Waals surface area (Å²) in [5, 5.41) is 3.36. The van der Waals surface area contributed by atoms with Crippen molar-refractivity contribution in [2.45, 2.75) is 68.7 Å². The van der Waals surface area contributed by atoms with E-state index in [1.54, 1.807) is 7.05 Å². The van der Waals surface area contributed by atoms with Gasteiger partial charge < -0.3 is 5.32 Å². The molecule has 180 valence electrons. The van der Waals surface area contributed by atoms with Crippen LogP contribution in [0.2, 0.25) is 0 Å². The SMILES string of the molecule is C[C@@H](Sc1nc(C(C)(C)C)nc2c1c(=O)n(C)c(=O)n2C)C(=O)N[C@@H]1CCCc2ccccc21. The number of thioether (sulfide) groups is 1. The molecule has 0 saturated heterocycles. The van der Waals surface area contributed by atoms with Gasteiger partial charge in [-0.2, -0.15) is 0 Å². The summed E-state index contributed by atoms with van der Waals surface area (Å²) in [5.41, 5.74) is 1.41. The van der Waals surface area contributed by atoms with E-state index >= 15 is 0 Å². The number of carbonyl (C=O) groups excluding carboxylic acids is 1. The Bertz CT molecular complexity index is 1390. The van der Waals surface area contributed by atoms with Crippen LogP contribution in [0.5, 0.6) is 0 Å². The Kier molecular flexibility index (Phi) is 6.42. The fourth-order valence-electron chi connectivity index (χ4n) is 4.26. The fraction of sp³-hybridized carbons (Fsp3) is 0.480. The van der Waals surface area contributed by atoms with Crippen molar-refractivity contribution in [1.82, 2.24) is 24.4 Å². The zero-order chi connectivity index (χ0) is 24.8. The smallest absolute Gasteiger partial charge is 0.332 e. The van der Waals surface area contributed by atoms with E-state index in [9.17, 15) is 14.4 Å². The van der Waals surface area contributed by atoms with Crippen molar-refractivity contribution < 1.29 is 4.79 Å². The Morgan fingerprint density at radius 3 is 2.56 bits per heavy atom. The van der Waals surface area contributed by atoms with Crippen molar-refractivity contribution in [3.63, 3.8) is 0 Å². The Balaban J connectivity index is 1.70. The Morgan fingerprint density at radius 1 is 1.15 bits per heavy atom. The predicted octanol–water partition coefficient (Wildman–Crippen LogP) is 3.00. The third kappa shape index (κ3) is 4.41. The highest BCUT2D eigenvalue weighted by molar-refractivity contribution is 8.00. The zero-order valence-electron chi connectivity index (χ0n) is 20.5. The summed E-state index contributed by atoms with van der Waals surface area (Å²) in [6.45, 7) is 7.72. The second kappa shape index (κ2) is 9.02. The fourth-order valence-corrected chi connectivity index (χ4v) is 5.21. The molecule has 0 unspecified atom stereocenters. The summed E-state index contributed by atoms with van der Waals surface area (Å²) in [6, 6.07) is 8.20. The minimum atomic E-state index is -0.498. The highest BCUT2D eigenvalue weighted by Gasteiger charge is 2.28. The van der Waals surface area contributed by atoms with Crippen molar-refractivity contribution >= 4 is 28.7 Å². The van der Waals surface area contributed by atoms with Gasteiger partial charge in [0.05, 0.1) is 11.3 Å². The van der Waals surface area contributed by atoms with Crippen LogP contribution in [0.25, 0.3) is 11.0 Å². The molecule has 2 atom stereocenters. The molecular formula is C25H31N5O3S. The van der Waals surface area contributed by atoms with Gasteiger partial charge in [-0.05, 0) is 37.3 Å². The van der Waals surface area contributed by atoms with Crippen LogP contribution in [-0.4, -0.2) is 30.3 Å². The maximum absolute atomic E-state index is 13.2. The number of hydrogen-bond donors (Lipinski definition) is 1. The van der Waals surface area contributed by atoms with Crippen molar-refractivity contribution in [2.75, 3.05) is 0 Å². The molecule has 2 aromatic heterocycles. The van der Waals surface area contributed by atoms with Crippen molar-refractivity contribution in [2.24, 2.45) is 14.1 Å². The Labute approximate surface area is 202 Å². The molecule has 0 spiro atoms. The molecule has 1 aromatic carbocycles. The largest absolute Gasteiger partial charge is 0.348 e. The maximum Gasteiger partial charge on any atom is 0.332 e. The third-order valence-corrected chi connectivity index (χ3v) is 7.37. The summed E-state index contributed by atoms with van der Waals surface area (Å²) < 4.78 is 2.41. The predicted molar refractivity (Wildman–Crippen MR) is 134 cm³/mol. The van der Waals surface area contributed by atoms with Crippen LogP contribution in [0, 0.1) is 0 Å². The monoisotopic (exact) mass is 481 g/mol. The molecule has 34 heavy (non-hydrogen) atoms. The summed E-state index contributed by atoms with van der Waals surface area (Å²) in [7, 11) is 3.03. The number of aromatic nitrogens is 4. The molecule has 1 aliphatic rings. The number of amides is 1. The van der Waals surface area contributed by atoms with E-state index in [-0.39, 0.29) is 23.0 Å². The van der Waals surface area contributed by atoms with Crippen LogP contribution in [-0.2, 0) is 30.7 Å². The molecule has 0 aliphatic heterocycles. The second-order valence-corrected chi connectivity index (χ2v) is 11.2. The third-order valence-electron chi connectivity index (χ3n) is 6.28. The van der Waals surface area contributed by atoms with Crippen molar-refractivity contribution in [3.05, 3.63) is 62.1 Å². The van der Waals surface area contributed by atoms with Gasteiger partial charge in [-0.3, -0.25) is 18.7 Å². The van der Waals surface area contributed by atoms with Crippen LogP contribution >= 0.6 is 11.8 Å². The van der Waals surface area contributed by atoms with Crippen molar-refractivity contribution in [1.29, 1.82) is 0 Å². The van der Waals surface area contributed by atoms with Gasteiger partial charge in [0.25, 0.3) is 5.56 Å². The number of rotatable bonds is 4. The number of benzene rings is 1. The van der Waals surface area contributed by atoms with Crippen LogP contribution in [0.4, 0.5) is 0 Å². The van der Waals surface area contributed by atoms with Gasteiger partial charge in [0.1, 0.15) is 16.2 Å². The van der Waals surface area contributed by atoms with Gasteiger partial charge in [-0.25, -0.2) is 14.8 Å². The van der Waals surface area contributed by atoms with Crippen LogP contribution in [0.15, 0.2) is 38.9 Å². The van der Waals surface area contributed by atoms with E-state index < -0.39 is 21.9 Å². The maximum atomic E-state index is 13.2. The summed E-state index contributed by atoms with van der Waals surface area (Å²) in [4.78, 5) is 48.0. The molecule has 0 saturated carbocycles. The molecule has 0 fully saturated rings. The lowest BCUT2D eigenvalue weighted by Crippen LogP contribution is -2.38. The Hall–Kier alpha value is -2.94. The molecule has 4 rings (SSSR count). The van der Waals surface area contributed by atoms with Crippen molar-refractivity contribution in [3.8, 4) is 0 Å². The minimum Gasteiger partial charge on any atom is -0.348 e. The summed E-state index contributed by atoms with van der Waals surface area (Å²) in [5.74, 6) is 0.400. The molecule has 3 aromatic rings. The van der Waals surface area contributed by atoms with Gasteiger partial charge in [-0.1, -0.05) is 56.8 Å². The normalized spacial score (nSPS) is 16.8. The van der Waals surface area contributed by atoms with Gasteiger partial charge >= 0.3 is 5.69 Å². The van der Waals surface area contributed by atoms with E-state index in [1.165, 1.54) is 34.5 Å². The van der Waals surface area contributed by atoms with Crippen LogP contribution in [0.3, 0.4) is 0 Å². The molecule has 2 heterocycles. The molecule has 9 heteroatoms. The molecule has 1 amide bonds. The van der Waals surface area contributed by atoms with Gasteiger partial charge in [0, 0.05) is 19.5 Å². The number of carbonyl (C=O) groups is 1. The standard InChI is InChI=1S/C25H31N5O3S/c1-14(20(31)26-17-13-9-11-15-10-7-8-12-16(15)17)34-21-18-19(27-23(28-21)25(2,3)4)29(5)24(33)30(6)22(18)32/h7-8,10,12,14,17H,9,11,13H2,1-6H3,(H,26,31)/t14-,17-/m1/s1. The lowest BCUT2D eigenvalue weighted by molar-refractivity contribution is -0.121. The van der Waals surface area contributed by atoms with Gasteiger partial charge in [0.15, 0.2) is 5.65 Å². The van der Waals surface area contributed by atoms with Gasteiger partial charge in [0.2, 0.25) is 5.91 Å². The molecular weight excluding hydrogens is 450 g/mol. The Morgan fingerprint density at radius 2 is 1.85 bits per heavy atom. The average Bonchev–Trinajstić information content (AvgIpc) is 2.80. The van der Waals surface area contributed by atoms with E-state index in [0.717, 1.165) is 23.8 Å². The first kappa shape index (κ1) is 24.2. The lowest BCUT2D eigenvalue weighted by atomic mass is 9.88. The summed E-state index contributed by atoms with van der Waals surface area (Å²) >= 11 is 1.23. The van der Waals surface area contributed by atoms with Crippen LogP contribution < -0.4 is 16.6 Å². The number of aryl methyl sites for hydroxylation is 2. The van der Waals surface area contributed by atoms with Gasteiger partial charge in [-0.15, -0.1) is 0 Å². The average molecular weight is 482 g/mol. The van der Waals surface area contributed by atoms with E-state index in [1.807, 2.05) is 39.8 Å². The number of nitrogens with zero attached hydrogens (tertiary/aromatic N) is 4. The van der Waals surface area contributed by atoms with Crippen LogP contribution in [0.1, 0.15) is 63.5 Å². The summed E-state index contributed by atoms with van der Waals surface area (Å²) in [6.07, 6.45) is 2.95. The molecule has 1 N–H and O–H groups in total. The molecule has 0 bridgehead atoms. The number of hydrogen-bond acceptors (Lipinski definition) is 6. The van der Waals surface area contributed by atoms with E-state index in [4.69, 9.17) is 4.98 Å². The number of nitrogens with one attached hydrogen (secondary N) is 1. The number of fused-ring (bicyclic) bond motifs is 2. The van der Waals surface area contributed by atoms with E-state index in [2.05, 4.69) is 22.4 Å².